The van der Waals surface area contributed by atoms with Crippen molar-refractivity contribution in [3.05, 3.63) is 69.7 Å². The van der Waals surface area contributed by atoms with Crippen molar-refractivity contribution >= 4 is 11.6 Å². The molecule has 0 amide bonds. The smallest absolute Gasteiger partial charge is 0.0406 e. The van der Waals surface area contributed by atoms with Crippen LogP contribution in [0.3, 0.4) is 0 Å². The average molecular weight is 274 g/mol. The Morgan fingerprint density at radius 2 is 1.68 bits per heavy atom. The van der Waals surface area contributed by atoms with Gasteiger partial charge in [0.25, 0.3) is 0 Å². The van der Waals surface area contributed by atoms with E-state index in [2.05, 4.69) is 56.4 Å². The van der Waals surface area contributed by atoms with Crippen LogP contribution in [-0.4, -0.2) is 0 Å². The summed E-state index contributed by atoms with van der Waals surface area (Å²) in [5.41, 5.74) is 5.27. The predicted molar refractivity (Wildman–Crippen MR) is 82.6 cm³/mol. The van der Waals surface area contributed by atoms with Crippen molar-refractivity contribution in [3.63, 3.8) is 0 Å². The van der Waals surface area contributed by atoms with Gasteiger partial charge in [-0.1, -0.05) is 41.9 Å². The zero-order valence-corrected chi connectivity index (χ0v) is 12.5. The lowest BCUT2D eigenvalue weighted by atomic mass is 10.1. The van der Waals surface area contributed by atoms with Crippen molar-refractivity contribution in [2.45, 2.75) is 33.4 Å². The first kappa shape index (κ1) is 14.1. The molecule has 1 atom stereocenters. The molecule has 0 aliphatic heterocycles. The van der Waals surface area contributed by atoms with Gasteiger partial charge in [-0.3, -0.25) is 0 Å². The maximum Gasteiger partial charge on any atom is 0.0406 e. The van der Waals surface area contributed by atoms with Crippen LogP contribution in [0.4, 0.5) is 0 Å². The number of aryl methyl sites for hydroxylation is 2. The number of benzene rings is 2. The van der Waals surface area contributed by atoms with Crippen LogP contribution in [0.2, 0.25) is 5.02 Å². The summed E-state index contributed by atoms with van der Waals surface area (Å²) in [5, 5.41) is 4.32. The van der Waals surface area contributed by atoms with E-state index in [0.717, 1.165) is 11.6 Å². The van der Waals surface area contributed by atoms with Gasteiger partial charge < -0.3 is 5.32 Å². The lowest BCUT2D eigenvalue weighted by Gasteiger charge is -2.15. The Balaban J connectivity index is 1.98. The van der Waals surface area contributed by atoms with Crippen molar-refractivity contribution in [1.82, 2.24) is 5.32 Å². The van der Waals surface area contributed by atoms with E-state index in [1.165, 1.54) is 22.3 Å². The summed E-state index contributed by atoms with van der Waals surface area (Å²) < 4.78 is 0. The van der Waals surface area contributed by atoms with Gasteiger partial charge in [0.2, 0.25) is 0 Å². The maximum absolute atomic E-state index is 5.90. The molecule has 0 fully saturated rings. The minimum absolute atomic E-state index is 0.318. The quantitative estimate of drug-likeness (QED) is 0.843. The number of halogens is 1. The van der Waals surface area contributed by atoms with E-state index < -0.39 is 0 Å². The second kappa shape index (κ2) is 6.23. The predicted octanol–water partition coefficient (Wildman–Crippen LogP) is 4.81. The molecule has 100 valence electrons. The molecule has 2 heteroatoms. The molecule has 0 heterocycles. The highest BCUT2D eigenvalue weighted by atomic mass is 35.5. The Morgan fingerprint density at radius 1 is 1.00 bits per heavy atom. The van der Waals surface area contributed by atoms with Gasteiger partial charge in [0, 0.05) is 17.6 Å². The van der Waals surface area contributed by atoms with Crippen LogP contribution in [0.25, 0.3) is 0 Å². The molecule has 2 rings (SSSR count). The third kappa shape index (κ3) is 3.82. The normalized spacial score (nSPS) is 12.4. The second-order valence-corrected chi connectivity index (χ2v) is 5.51. The molecule has 0 saturated carbocycles. The van der Waals surface area contributed by atoms with Crippen LogP contribution >= 0.6 is 11.6 Å². The first-order chi connectivity index (χ1) is 9.06. The first-order valence-electron chi connectivity index (χ1n) is 6.61. The third-order valence-corrected chi connectivity index (χ3v) is 3.81. The molecule has 1 N–H and O–H groups in total. The van der Waals surface area contributed by atoms with Gasteiger partial charge in [0.15, 0.2) is 0 Å². The molecule has 0 aliphatic carbocycles. The molecule has 0 spiro atoms. The molecule has 2 aromatic rings. The van der Waals surface area contributed by atoms with E-state index >= 15 is 0 Å². The van der Waals surface area contributed by atoms with Crippen molar-refractivity contribution < 1.29 is 0 Å². The summed E-state index contributed by atoms with van der Waals surface area (Å²) in [6.45, 7) is 7.35. The van der Waals surface area contributed by atoms with Crippen molar-refractivity contribution in [3.8, 4) is 0 Å². The van der Waals surface area contributed by atoms with E-state index in [4.69, 9.17) is 11.6 Å². The summed E-state index contributed by atoms with van der Waals surface area (Å²) in [5.74, 6) is 0. The van der Waals surface area contributed by atoms with Crippen LogP contribution in [-0.2, 0) is 6.54 Å². The number of hydrogen-bond acceptors (Lipinski definition) is 1. The fourth-order valence-electron chi connectivity index (χ4n) is 2.05. The SMILES string of the molecule is Cc1ccc(CNC(C)c2ccc(Cl)cc2)cc1C. The van der Waals surface area contributed by atoms with Crippen LogP contribution in [0.1, 0.15) is 35.2 Å². The summed E-state index contributed by atoms with van der Waals surface area (Å²) in [4.78, 5) is 0. The standard InChI is InChI=1S/C17H20ClN/c1-12-4-5-15(10-13(12)2)11-19-14(3)16-6-8-17(18)9-7-16/h4-10,14,19H,11H2,1-3H3. The van der Waals surface area contributed by atoms with Gasteiger partial charge in [-0.2, -0.15) is 0 Å². The van der Waals surface area contributed by atoms with Crippen molar-refractivity contribution in [2.75, 3.05) is 0 Å². The zero-order valence-electron chi connectivity index (χ0n) is 11.7. The molecule has 0 bridgehead atoms. The maximum atomic E-state index is 5.90. The minimum Gasteiger partial charge on any atom is -0.306 e. The lowest BCUT2D eigenvalue weighted by molar-refractivity contribution is 0.574. The molecule has 0 saturated heterocycles. The highest BCUT2D eigenvalue weighted by Crippen LogP contribution is 2.17. The Labute approximate surface area is 120 Å². The Kier molecular flexibility index (Phi) is 4.62. The van der Waals surface area contributed by atoms with Gasteiger partial charge in [0.05, 0.1) is 0 Å². The Morgan fingerprint density at radius 3 is 2.32 bits per heavy atom. The molecule has 0 aromatic heterocycles. The third-order valence-electron chi connectivity index (χ3n) is 3.55. The van der Waals surface area contributed by atoms with E-state index in [-0.39, 0.29) is 0 Å². The molecule has 19 heavy (non-hydrogen) atoms. The summed E-state index contributed by atoms with van der Waals surface area (Å²) in [6, 6.07) is 14.9. The number of rotatable bonds is 4. The van der Waals surface area contributed by atoms with Crippen LogP contribution in [0.15, 0.2) is 42.5 Å². The lowest BCUT2D eigenvalue weighted by Crippen LogP contribution is -2.18. The first-order valence-corrected chi connectivity index (χ1v) is 6.99. The van der Waals surface area contributed by atoms with Gasteiger partial charge in [-0.15, -0.1) is 0 Å². The molecular formula is C17H20ClN. The molecular weight excluding hydrogens is 254 g/mol. The van der Waals surface area contributed by atoms with E-state index in [1.807, 2.05) is 12.1 Å². The summed E-state index contributed by atoms with van der Waals surface area (Å²) in [7, 11) is 0. The fourth-order valence-corrected chi connectivity index (χ4v) is 2.18. The van der Waals surface area contributed by atoms with Crippen molar-refractivity contribution in [2.24, 2.45) is 0 Å². The summed E-state index contributed by atoms with van der Waals surface area (Å²) in [6.07, 6.45) is 0. The number of hydrogen-bond donors (Lipinski definition) is 1. The zero-order chi connectivity index (χ0) is 13.8. The van der Waals surface area contributed by atoms with Gasteiger partial charge in [0.1, 0.15) is 0 Å². The van der Waals surface area contributed by atoms with E-state index in [1.54, 1.807) is 0 Å². The molecule has 1 nitrogen and oxygen atoms in total. The highest BCUT2D eigenvalue weighted by Gasteiger charge is 2.05. The van der Waals surface area contributed by atoms with E-state index in [0.29, 0.717) is 6.04 Å². The number of nitrogens with one attached hydrogen (secondary N) is 1. The second-order valence-electron chi connectivity index (χ2n) is 5.07. The average Bonchev–Trinajstić information content (AvgIpc) is 2.40. The van der Waals surface area contributed by atoms with Crippen LogP contribution in [0, 0.1) is 13.8 Å². The van der Waals surface area contributed by atoms with Gasteiger partial charge in [-0.25, -0.2) is 0 Å². The summed E-state index contributed by atoms with van der Waals surface area (Å²) >= 11 is 5.90. The van der Waals surface area contributed by atoms with Crippen LogP contribution < -0.4 is 5.32 Å². The topological polar surface area (TPSA) is 12.0 Å². The Bertz CT molecular complexity index is 546. The largest absolute Gasteiger partial charge is 0.306 e. The Hall–Kier alpha value is -1.31. The fraction of sp³-hybridized carbons (Fsp3) is 0.294. The molecule has 0 radical (unpaired) electrons. The molecule has 2 aromatic carbocycles. The molecule has 0 aliphatic rings. The molecule has 1 unspecified atom stereocenters. The van der Waals surface area contributed by atoms with Gasteiger partial charge >= 0.3 is 0 Å². The monoisotopic (exact) mass is 273 g/mol. The van der Waals surface area contributed by atoms with Crippen molar-refractivity contribution in [1.29, 1.82) is 0 Å². The van der Waals surface area contributed by atoms with Crippen LogP contribution in [0.5, 0.6) is 0 Å². The highest BCUT2D eigenvalue weighted by molar-refractivity contribution is 6.30. The minimum atomic E-state index is 0.318. The van der Waals surface area contributed by atoms with Gasteiger partial charge in [-0.05, 0) is 55.2 Å². The van der Waals surface area contributed by atoms with E-state index in [9.17, 15) is 0 Å².